The molecule has 6 nitrogen and oxygen atoms in total. The van der Waals surface area contributed by atoms with Crippen LogP contribution in [0.2, 0.25) is 0 Å². The summed E-state index contributed by atoms with van der Waals surface area (Å²) in [6, 6.07) is 0. The summed E-state index contributed by atoms with van der Waals surface area (Å²) in [5, 5.41) is 2.59. The van der Waals surface area contributed by atoms with E-state index in [1.54, 1.807) is 27.3 Å². The molecule has 0 saturated heterocycles. The van der Waals surface area contributed by atoms with Crippen molar-refractivity contribution >= 4 is 19.6 Å². The minimum absolute atomic E-state index is 0.225. The Morgan fingerprint density at radius 1 is 1.33 bits per heavy atom. The van der Waals surface area contributed by atoms with Crippen LogP contribution in [0.1, 0.15) is 36.6 Å². The first kappa shape index (κ1) is 19.5. The molecule has 0 spiro atoms. The Morgan fingerprint density at radius 2 is 1.95 bits per heavy atom. The number of rotatable bonds is 7. The molecule has 1 aromatic rings. The maximum Gasteiger partial charge on any atom is 0.0351 e. The van der Waals surface area contributed by atoms with Gasteiger partial charge in [0.05, 0.1) is 0 Å². The van der Waals surface area contributed by atoms with E-state index in [1.807, 2.05) is 25.3 Å². The van der Waals surface area contributed by atoms with Gasteiger partial charge in [-0.3, -0.25) is 0 Å². The van der Waals surface area contributed by atoms with Gasteiger partial charge in [0, 0.05) is 14.2 Å². The zero-order chi connectivity index (χ0) is 16.3. The third-order valence-electron chi connectivity index (χ3n) is 2.38. The first-order valence-electron chi connectivity index (χ1n) is 6.73. The van der Waals surface area contributed by atoms with Gasteiger partial charge in [0.2, 0.25) is 0 Å². The average molecular weight is 296 g/mol. The summed E-state index contributed by atoms with van der Waals surface area (Å²) < 4.78 is 11.9. The number of methoxy groups -OCH3 is 1. The van der Waals surface area contributed by atoms with E-state index in [1.165, 1.54) is 0 Å². The van der Waals surface area contributed by atoms with Crippen LogP contribution in [0.4, 0.5) is 0 Å². The summed E-state index contributed by atoms with van der Waals surface area (Å²) in [6.45, 7) is 9.34. The molecule has 0 aliphatic rings. The van der Waals surface area contributed by atoms with Gasteiger partial charge in [-0.2, -0.15) is 0 Å². The summed E-state index contributed by atoms with van der Waals surface area (Å²) in [7, 11) is 3.25. The second-order valence-electron chi connectivity index (χ2n) is 5.46. The molecule has 7 heteroatoms. The van der Waals surface area contributed by atoms with Crippen LogP contribution in [0.5, 0.6) is 0 Å². The van der Waals surface area contributed by atoms with Crippen molar-refractivity contribution in [2.45, 2.75) is 39.5 Å². The Morgan fingerprint density at radius 3 is 2.43 bits per heavy atom. The quantitative estimate of drug-likeness (QED) is 0.601. The van der Waals surface area contributed by atoms with E-state index in [2.05, 4.69) is 10.1 Å². The molecular weight excluding hydrogens is 271 g/mol. The standard InChI is InChI=1S/C12H19BN2O3.C2H6O/c1-12(2,3)18-8-11-13-10(7-16)6-15(11)5-4-14-9-17;1-3-2/h6-7,9H,4-5,8H2,1-3H3,(H,14,17);1-2H3. The molecule has 0 atom stereocenters. The molecule has 118 valence electrons. The monoisotopic (exact) mass is 296 g/mol. The molecule has 1 rings (SSSR count). The Balaban J connectivity index is 0.00000122. The fraction of sp³-hybridized carbons (Fsp3) is 0.643. The van der Waals surface area contributed by atoms with Gasteiger partial charge >= 0.3 is 107 Å². The molecule has 0 unspecified atom stereocenters. The molecule has 0 aromatic carbocycles. The van der Waals surface area contributed by atoms with Gasteiger partial charge in [-0.15, -0.1) is 0 Å². The zero-order valence-electron chi connectivity index (χ0n) is 13.5. The smallest absolute Gasteiger partial charge is 0.0351 e. The van der Waals surface area contributed by atoms with E-state index in [4.69, 9.17) is 4.74 Å². The maximum atomic E-state index is 10.8. The van der Waals surface area contributed by atoms with Gasteiger partial charge in [-0.1, -0.05) is 0 Å². The van der Waals surface area contributed by atoms with Crippen molar-refractivity contribution in [2.75, 3.05) is 20.8 Å². The normalized spacial score (nSPS) is 10.3. The molecule has 0 aliphatic carbocycles. The zero-order valence-corrected chi connectivity index (χ0v) is 13.5. The van der Waals surface area contributed by atoms with Crippen LogP contribution in [0, 0.1) is 0 Å². The fourth-order valence-corrected chi connectivity index (χ4v) is 1.51. The number of aldehydes is 1. The number of nitrogens with one attached hydrogen (secondary N) is 1. The molecule has 21 heavy (non-hydrogen) atoms. The maximum absolute atomic E-state index is 10.8. The second-order valence-corrected chi connectivity index (χ2v) is 5.46. The van der Waals surface area contributed by atoms with E-state index in [0.29, 0.717) is 31.6 Å². The van der Waals surface area contributed by atoms with Gasteiger partial charge in [-0.25, -0.2) is 0 Å². The van der Waals surface area contributed by atoms with Gasteiger partial charge < -0.3 is 4.74 Å². The van der Waals surface area contributed by atoms with Crippen LogP contribution >= 0.6 is 0 Å². The van der Waals surface area contributed by atoms with Crippen molar-refractivity contribution in [3.63, 3.8) is 0 Å². The number of hydrogen-bond acceptors (Lipinski definition) is 4. The molecule has 0 saturated carbocycles. The van der Waals surface area contributed by atoms with E-state index in [-0.39, 0.29) is 5.60 Å². The van der Waals surface area contributed by atoms with E-state index in [0.717, 1.165) is 11.9 Å². The summed E-state index contributed by atoms with van der Waals surface area (Å²) in [4.78, 5) is 21.0. The third-order valence-corrected chi connectivity index (χ3v) is 2.38. The molecule has 0 fully saturated rings. The van der Waals surface area contributed by atoms with Crippen molar-refractivity contribution < 1.29 is 19.1 Å². The largest absolute Gasteiger partial charge is 0.388 e. The third kappa shape index (κ3) is 9.15. The van der Waals surface area contributed by atoms with Crippen LogP contribution < -0.4 is 5.32 Å². The summed E-state index contributed by atoms with van der Waals surface area (Å²) in [6.07, 6.45) is 3.24. The van der Waals surface area contributed by atoms with Gasteiger partial charge in [0.15, 0.2) is 0 Å². The molecule has 1 aromatic heterocycles. The van der Waals surface area contributed by atoms with Crippen molar-refractivity contribution in [1.82, 2.24) is 9.88 Å². The van der Waals surface area contributed by atoms with Gasteiger partial charge in [-0.05, 0) is 0 Å². The van der Waals surface area contributed by atoms with Crippen molar-refractivity contribution in [3.05, 3.63) is 17.2 Å². The number of carbonyl (C=O) groups is 2. The molecule has 0 radical (unpaired) electrons. The fourth-order valence-electron chi connectivity index (χ4n) is 1.51. The molecule has 1 N–H and O–H groups in total. The van der Waals surface area contributed by atoms with Crippen LogP contribution in [-0.4, -0.2) is 50.5 Å². The van der Waals surface area contributed by atoms with Crippen molar-refractivity contribution in [1.29, 1.82) is 0 Å². The summed E-state index contributed by atoms with van der Waals surface area (Å²) in [5.74, 6) is 0. The first-order valence-corrected chi connectivity index (χ1v) is 6.73. The Hall–Kier alpha value is -1.47. The topological polar surface area (TPSA) is 69.6 Å². The van der Waals surface area contributed by atoms with Crippen LogP contribution in [0.25, 0.3) is 0 Å². The Kier molecular flexibility index (Phi) is 9.57. The van der Waals surface area contributed by atoms with Crippen LogP contribution in [-0.2, 0) is 27.4 Å². The predicted molar refractivity (Wildman–Crippen MR) is 82.7 cm³/mol. The number of aromatic nitrogens is 1. The first-order chi connectivity index (χ1) is 9.87. The van der Waals surface area contributed by atoms with E-state index < -0.39 is 0 Å². The summed E-state index contributed by atoms with van der Waals surface area (Å²) in [5.41, 5.74) is 1.32. The number of hydrogen-bond donors (Lipinski definition) is 1. The minimum Gasteiger partial charge on any atom is -0.388 e. The van der Waals surface area contributed by atoms with Crippen LogP contribution in [0.15, 0.2) is 6.20 Å². The number of carbonyl (C=O) groups excluding carboxylic acids is 2. The Bertz CT molecular complexity index is 427. The minimum atomic E-state index is -0.225. The van der Waals surface area contributed by atoms with E-state index >= 15 is 0 Å². The van der Waals surface area contributed by atoms with Gasteiger partial charge in [0.1, 0.15) is 0 Å². The second kappa shape index (κ2) is 10.3. The summed E-state index contributed by atoms with van der Waals surface area (Å²) >= 11 is 0. The Labute approximate surface area is 127 Å². The molecule has 1 heterocycles. The average Bonchev–Trinajstić information content (AvgIpc) is 2.79. The van der Waals surface area contributed by atoms with E-state index in [9.17, 15) is 9.59 Å². The van der Waals surface area contributed by atoms with Crippen molar-refractivity contribution in [3.8, 4) is 0 Å². The molecule has 0 aliphatic heterocycles. The number of nitrogens with zero attached hydrogens (tertiary/aromatic N) is 1. The molecular formula is C14H25BN2O4. The predicted octanol–water partition coefficient (Wildman–Crippen LogP) is 0.962. The SMILES string of the molecule is CC(C)(C)OCc1bc(C=O)cn1CCNC=O.COC. The number of ether oxygens (including phenoxy) is 2. The van der Waals surface area contributed by atoms with Crippen molar-refractivity contribution in [2.24, 2.45) is 0 Å². The number of amides is 1. The molecule has 0 bridgehead atoms. The molecule has 1 amide bonds. The van der Waals surface area contributed by atoms with Crippen LogP contribution in [0.3, 0.4) is 0 Å². The van der Waals surface area contributed by atoms with Gasteiger partial charge in [0.25, 0.3) is 0 Å².